The van der Waals surface area contributed by atoms with E-state index in [0.717, 1.165) is 22.5 Å². The zero-order chi connectivity index (χ0) is 20.7. The van der Waals surface area contributed by atoms with Crippen molar-refractivity contribution >= 4 is 11.3 Å². The Bertz CT molecular complexity index is 1180. The second-order valence-electron chi connectivity index (χ2n) is 7.36. The van der Waals surface area contributed by atoms with Crippen LogP contribution in [0.25, 0.3) is 16.9 Å². The van der Waals surface area contributed by atoms with Crippen LogP contribution in [-0.2, 0) is 13.2 Å². The number of aromatic nitrogens is 6. The van der Waals surface area contributed by atoms with Crippen LogP contribution in [0.15, 0.2) is 49.2 Å². The quantitative estimate of drug-likeness (QED) is 0.541. The molecular weight excluding hydrogens is 392 g/mol. The van der Waals surface area contributed by atoms with Gasteiger partial charge in [0.1, 0.15) is 11.3 Å². The number of alkyl halides is 2. The Balaban J connectivity index is 1.35. The Morgan fingerprint density at radius 2 is 1.90 bits per heavy atom. The molecule has 1 fully saturated rings. The fraction of sp³-hybridized carbons (Fsp3) is 0.300. The van der Waals surface area contributed by atoms with Crippen molar-refractivity contribution in [3.8, 4) is 11.3 Å². The molecule has 0 spiro atoms. The minimum atomic E-state index is -1.48. The summed E-state index contributed by atoms with van der Waals surface area (Å²) in [5.74, 6) is 0. The Morgan fingerprint density at radius 1 is 1.07 bits per heavy atom. The molecule has 1 aliphatic rings. The lowest BCUT2D eigenvalue weighted by atomic mass is 10.2. The summed E-state index contributed by atoms with van der Waals surface area (Å²) in [6, 6.07) is 5.49. The van der Waals surface area contributed by atoms with Gasteiger partial charge in [0, 0.05) is 24.2 Å². The van der Waals surface area contributed by atoms with Gasteiger partial charge in [-0.15, -0.1) is 5.10 Å². The van der Waals surface area contributed by atoms with Crippen LogP contribution >= 0.6 is 0 Å². The second kappa shape index (κ2) is 7.45. The first-order chi connectivity index (χ1) is 14.6. The van der Waals surface area contributed by atoms with Gasteiger partial charge in [0.15, 0.2) is 12.3 Å². The molecule has 8 nitrogen and oxygen atoms in total. The SMILES string of the molecule is OCc1ccc2nc(Cn3cc(-c4cncc(N5C[C@@H](F)[C@H](F)C5)c4)nn3)cn2c1. The normalized spacial score (nSPS) is 19.1. The van der Waals surface area contributed by atoms with Gasteiger partial charge >= 0.3 is 0 Å². The zero-order valence-electron chi connectivity index (χ0n) is 15.9. The van der Waals surface area contributed by atoms with Gasteiger partial charge in [0.25, 0.3) is 0 Å². The van der Waals surface area contributed by atoms with Gasteiger partial charge in [0.05, 0.1) is 50.0 Å². The molecule has 2 atom stereocenters. The molecule has 5 heterocycles. The van der Waals surface area contributed by atoms with Crippen LogP contribution in [0.1, 0.15) is 11.3 Å². The van der Waals surface area contributed by atoms with Gasteiger partial charge in [-0.3, -0.25) is 4.98 Å². The molecule has 5 rings (SSSR count). The molecule has 0 aliphatic carbocycles. The summed E-state index contributed by atoms with van der Waals surface area (Å²) < 4.78 is 30.6. The summed E-state index contributed by atoms with van der Waals surface area (Å²) in [6.45, 7) is 0.434. The molecule has 154 valence electrons. The van der Waals surface area contributed by atoms with Crippen molar-refractivity contribution in [1.29, 1.82) is 0 Å². The molecule has 1 N–H and O–H groups in total. The lowest BCUT2D eigenvalue weighted by Crippen LogP contribution is -2.20. The van der Waals surface area contributed by atoms with E-state index >= 15 is 0 Å². The van der Waals surface area contributed by atoms with Crippen LogP contribution < -0.4 is 4.90 Å². The fourth-order valence-corrected chi connectivity index (χ4v) is 3.61. The summed E-state index contributed by atoms with van der Waals surface area (Å²) in [4.78, 5) is 10.4. The van der Waals surface area contributed by atoms with E-state index in [0.29, 0.717) is 17.9 Å². The standard InChI is InChI=1S/C20H19F2N7O/c21-17-9-27(10-18(17)22)16-3-14(4-23-5-16)19-11-29(26-25-19)8-15-7-28-6-13(12-30)1-2-20(28)24-15/h1-7,11,17-18,30H,8-10,12H2/t17-,18-/m1/s1. The molecule has 4 aromatic rings. The van der Waals surface area contributed by atoms with E-state index in [1.54, 1.807) is 28.2 Å². The topological polar surface area (TPSA) is 84.4 Å². The molecule has 0 unspecified atom stereocenters. The van der Waals surface area contributed by atoms with Gasteiger partial charge in [-0.2, -0.15) is 0 Å². The second-order valence-corrected chi connectivity index (χ2v) is 7.36. The number of pyridine rings is 2. The third-order valence-corrected chi connectivity index (χ3v) is 5.17. The predicted octanol–water partition coefficient (Wildman–Crippen LogP) is 2.02. The maximum Gasteiger partial charge on any atom is 0.150 e. The molecule has 1 saturated heterocycles. The average Bonchev–Trinajstić information content (AvgIpc) is 3.47. The summed E-state index contributed by atoms with van der Waals surface area (Å²) in [6.07, 6.45) is 5.78. The zero-order valence-corrected chi connectivity index (χ0v) is 15.9. The Kier molecular flexibility index (Phi) is 4.62. The molecule has 0 aromatic carbocycles. The van der Waals surface area contributed by atoms with Crippen molar-refractivity contribution in [2.75, 3.05) is 18.0 Å². The molecule has 4 aromatic heterocycles. The van der Waals surface area contributed by atoms with Crippen molar-refractivity contribution in [2.45, 2.75) is 25.5 Å². The number of aliphatic hydroxyl groups is 1. The molecular formula is C20H19F2N7O. The number of hydrogen-bond donors (Lipinski definition) is 1. The number of aliphatic hydroxyl groups excluding tert-OH is 1. The van der Waals surface area contributed by atoms with Crippen molar-refractivity contribution in [3.05, 3.63) is 60.4 Å². The summed E-state index contributed by atoms with van der Waals surface area (Å²) in [5, 5.41) is 17.6. The molecule has 0 bridgehead atoms. The minimum Gasteiger partial charge on any atom is -0.392 e. The first-order valence-electron chi connectivity index (χ1n) is 9.55. The van der Waals surface area contributed by atoms with Crippen LogP contribution in [0.2, 0.25) is 0 Å². The summed E-state index contributed by atoms with van der Waals surface area (Å²) >= 11 is 0. The lowest BCUT2D eigenvalue weighted by molar-refractivity contribution is 0.217. The van der Waals surface area contributed by atoms with Crippen LogP contribution in [0, 0.1) is 0 Å². The van der Waals surface area contributed by atoms with E-state index in [1.165, 1.54) is 0 Å². The number of halogens is 2. The summed E-state index contributed by atoms with van der Waals surface area (Å²) in [5.41, 5.74) is 4.38. The first kappa shape index (κ1) is 18.6. The number of imidazole rings is 1. The van der Waals surface area contributed by atoms with E-state index in [4.69, 9.17) is 0 Å². The first-order valence-corrected chi connectivity index (χ1v) is 9.55. The molecule has 0 saturated carbocycles. The van der Waals surface area contributed by atoms with Gasteiger partial charge in [-0.25, -0.2) is 18.4 Å². The number of fused-ring (bicyclic) bond motifs is 1. The van der Waals surface area contributed by atoms with Gasteiger partial charge < -0.3 is 14.4 Å². The largest absolute Gasteiger partial charge is 0.392 e. The Hall–Kier alpha value is -3.40. The molecule has 30 heavy (non-hydrogen) atoms. The highest BCUT2D eigenvalue weighted by Gasteiger charge is 2.33. The molecule has 10 heteroatoms. The number of anilines is 1. The Labute approximate surface area is 170 Å². The highest BCUT2D eigenvalue weighted by Crippen LogP contribution is 2.27. The van der Waals surface area contributed by atoms with Crippen LogP contribution in [0.5, 0.6) is 0 Å². The monoisotopic (exact) mass is 411 g/mol. The summed E-state index contributed by atoms with van der Waals surface area (Å²) in [7, 11) is 0. The Morgan fingerprint density at radius 3 is 2.70 bits per heavy atom. The van der Waals surface area contributed by atoms with E-state index in [-0.39, 0.29) is 19.7 Å². The highest BCUT2D eigenvalue weighted by atomic mass is 19.2. The third kappa shape index (κ3) is 3.50. The predicted molar refractivity (Wildman–Crippen MR) is 105 cm³/mol. The van der Waals surface area contributed by atoms with E-state index in [2.05, 4.69) is 20.3 Å². The highest BCUT2D eigenvalue weighted by molar-refractivity contribution is 5.63. The van der Waals surface area contributed by atoms with E-state index < -0.39 is 12.3 Å². The van der Waals surface area contributed by atoms with Gasteiger partial charge in [0.2, 0.25) is 0 Å². The molecule has 1 aliphatic heterocycles. The van der Waals surface area contributed by atoms with Crippen molar-refractivity contribution < 1.29 is 13.9 Å². The number of rotatable bonds is 5. The van der Waals surface area contributed by atoms with Gasteiger partial charge in [-0.05, 0) is 17.7 Å². The van der Waals surface area contributed by atoms with Gasteiger partial charge in [-0.1, -0.05) is 11.3 Å². The maximum absolute atomic E-state index is 13.5. The van der Waals surface area contributed by atoms with Crippen LogP contribution in [0.3, 0.4) is 0 Å². The smallest absolute Gasteiger partial charge is 0.150 e. The average molecular weight is 411 g/mol. The molecule has 0 amide bonds. The van der Waals surface area contributed by atoms with Crippen LogP contribution in [0.4, 0.5) is 14.5 Å². The number of hydrogen-bond acceptors (Lipinski definition) is 6. The molecule has 0 radical (unpaired) electrons. The fourth-order valence-electron chi connectivity index (χ4n) is 3.61. The number of nitrogens with zero attached hydrogens (tertiary/aromatic N) is 7. The van der Waals surface area contributed by atoms with Crippen molar-refractivity contribution in [3.63, 3.8) is 0 Å². The van der Waals surface area contributed by atoms with E-state index in [9.17, 15) is 13.9 Å². The van der Waals surface area contributed by atoms with Crippen molar-refractivity contribution in [2.24, 2.45) is 0 Å². The minimum absolute atomic E-state index is 0.0187. The van der Waals surface area contributed by atoms with Crippen LogP contribution in [-0.4, -0.2) is 59.9 Å². The van der Waals surface area contributed by atoms with E-state index in [1.807, 2.05) is 35.0 Å². The van der Waals surface area contributed by atoms with Crippen molar-refractivity contribution in [1.82, 2.24) is 29.4 Å². The maximum atomic E-state index is 13.5. The third-order valence-electron chi connectivity index (χ3n) is 5.17. The lowest BCUT2D eigenvalue weighted by Gasteiger charge is -2.17.